The summed E-state index contributed by atoms with van der Waals surface area (Å²) in [4.78, 5) is 4.59. The normalized spacial score (nSPS) is 10.5. The summed E-state index contributed by atoms with van der Waals surface area (Å²) >= 11 is 5.02. The van der Waals surface area contributed by atoms with E-state index in [0.29, 0.717) is 24.5 Å². The van der Waals surface area contributed by atoms with Crippen LogP contribution in [-0.4, -0.2) is 30.3 Å². The third-order valence-electron chi connectivity index (χ3n) is 2.53. The number of nitrogens with zero attached hydrogens (tertiary/aromatic N) is 1. The molecule has 0 saturated heterocycles. The van der Waals surface area contributed by atoms with Crippen molar-refractivity contribution in [2.75, 3.05) is 20.3 Å². The molecule has 0 atom stereocenters. The van der Waals surface area contributed by atoms with Crippen molar-refractivity contribution in [2.24, 2.45) is 5.73 Å². The van der Waals surface area contributed by atoms with Gasteiger partial charge in [-0.3, -0.25) is 4.98 Å². The molecule has 0 aliphatic carbocycles. The number of benzene rings is 1. The second-order valence-electron chi connectivity index (χ2n) is 3.72. The number of aromatic nitrogens is 1. The molecule has 0 aliphatic rings. The van der Waals surface area contributed by atoms with Crippen LogP contribution in [0.15, 0.2) is 30.5 Å². The highest BCUT2D eigenvalue weighted by molar-refractivity contribution is 7.80. The Morgan fingerprint density at radius 1 is 1.33 bits per heavy atom. The predicted octanol–water partition coefficient (Wildman–Crippen LogP) is 1.89. The summed E-state index contributed by atoms with van der Waals surface area (Å²) in [6.45, 7) is 0.952. The van der Waals surface area contributed by atoms with Gasteiger partial charge in [-0.05, 0) is 12.1 Å². The van der Waals surface area contributed by atoms with Crippen molar-refractivity contribution >= 4 is 28.1 Å². The number of thiocarbonyl (C=S) groups is 1. The Balaban J connectivity index is 2.48. The van der Waals surface area contributed by atoms with Crippen molar-refractivity contribution in [1.29, 1.82) is 0 Å². The van der Waals surface area contributed by atoms with E-state index < -0.39 is 0 Å². The Hall–Kier alpha value is -1.72. The molecule has 18 heavy (non-hydrogen) atoms. The van der Waals surface area contributed by atoms with Crippen LogP contribution in [0.1, 0.15) is 5.56 Å². The Morgan fingerprint density at radius 2 is 2.11 bits per heavy atom. The Morgan fingerprint density at radius 3 is 2.83 bits per heavy atom. The van der Waals surface area contributed by atoms with E-state index in [9.17, 15) is 0 Å². The molecule has 94 valence electrons. The van der Waals surface area contributed by atoms with E-state index in [1.54, 1.807) is 13.3 Å². The van der Waals surface area contributed by atoms with E-state index in [1.165, 1.54) is 0 Å². The maximum Gasteiger partial charge on any atom is 0.140 e. The van der Waals surface area contributed by atoms with Crippen LogP contribution < -0.4 is 10.5 Å². The second-order valence-corrected chi connectivity index (χ2v) is 4.16. The zero-order valence-corrected chi connectivity index (χ0v) is 10.9. The summed E-state index contributed by atoms with van der Waals surface area (Å²) in [5.41, 5.74) is 7.19. The van der Waals surface area contributed by atoms with Crippen molar-refractivity contribution in [3.8, 4) is 5.75 Å². The minimum absolute atomic E-state index is 0.278. The first kappa shape index (κ1) is 12.7. The third kappa shape index (κ3) is 2.57. The van der Waals surface area contributed by atoms with Gasteiger partial charge in [0.15, 0.2) is 0 Å². The van der Waals surface area contributed by atoms with Gasteiger partial charge in [0.05, 0.1) is 17.7 Å². The smallest absolute Gasteiger partial charge is 0.140 e. The fraction of sp³-hybridized carbons (Fsp3) is 0.231. The molecular formula is C13H14N2O2S. The molecule has 0 radical (unpaired) electrons. The number of pyridine rings is 1. The molecule has 0 unspecified atom stereocenters. The van der Waals surface area contributed by atoms with Crippen molar-refractivity contribution < 1.29 is 9.47 Å². The van der Waals surface area contributed by atoms with Crippen LogP contribution in [0, 0.1) is 0 Å². The van der Waals surface area contributed by atoms with Gasteiger partial charge in [0.25, 0.3) is 0 Å². The number of ether oxygens (including phenoxy) is 2. The third-order valence-corrected chi connectivity index (χ3v) is 2.75. The molecular weight excluding hydrogens is 248 g/mol. The Kier molecular flexibility index (Phi) is 4.07. The van der Waals surface area contributed by atoms with Gasteiger partial charge in [-0.15, -0.1) is 0 Å². The van der Waals surface area contributed by atoms with Crippen molar-refractivity contribution in [1.82, 2.24) is 4.98 Å². The van der Waals surface area contributed by atoms with Gasteiger partial charge in [0.2, 0.25) is 0 Å². The molecule has 0 aliphatic heterocycles. The molecule has 2 rings (SSSR count). The minimum Gasteiger partial charge on any atom is -0.490 e. The topological polar surface area (TPSA) is 57.4 Å². The minimum atomic E-state index is 0.278. The molecule has 1 aromatic carbocycles. The van der Waals surface area contributed by atoms with E-state index in [2.05, 4.69) is 4.98 Å². The summed E-state index contributed by atoms with van der Waals surface area (Å²) in [6, 6.07) is 7.71. The SMILES string of the molecule is COCCOc1c(C(N)=S)cnc2ccccc12. The van der Waals surface area contributed by atoms with E-state index in [1.807, 2.05) is 24.3 Å². The number of hydrogen-bond donors (Lipinski definition) is 1. The molecule has 1 aromatic heterocycles. The monoisotopic (exact) mass is 262 g/mol. The number of fused-ring (bicyclic) bond motifs is 1. The lowest BCUT2D eigenvalue weighted by Crippen LogP contribution is -2.14. The van der Waals surface area contributed by atoms with Gasteiger partial charge in [-0.2, -0.15) is 0 Å². The lowest BCUT2D eigenvalue weighted by Gasteiger charge is -2.12. The van der Waals surface area contributed by atoms with Crippen LogP contribution in [0.2, 0.25) is 0 Å². The van der Waals surface area contributed by atoms with Gasteiger partial charge >= 0.3 is 0 Å². The predicted molar refractivity (Wildman–Crippen MR) is 75.0 cm³/mol. The largest absolute Gasteiger partial charge is 0.490 e. The van der Waals surface area contributed by atoms with Crippen LogP contribution >= 0.6 is 12.2 Å². The highest BCUT2D eigenvalue weighted by Crippen LogP contribution is 2.28. The van der Waals surface area contributed by atoms with E-state index in [-0.39, 0.29) is 4.99 Å². The molecule has 5 heteroatoms. The lowest BCUT2D eigenvalue weighted by molar-refractivity contribution is 0.147. The quantitative estimate of drug-likeness (QED) is 0.658. The van der Waals surface area contributed by atoms with E-state index >= 15 is 0 Å². The highest BCUT2D eigenvalue weighted by atomic mass is 32.1. The van der Waals surface area contributed by atoms with Gasteiger partial charge in [0.1, 0.15) is 17.3 Å². The maximum absolute atomic E-state index is 5.72. The lowest BCUT2D eigenvalue weighted by atomic mass is 10.1. The Bertz CT molecular complexity index is 572. The van der Waals surface area contributed by atoms with Crippen LogP contribution in [0.4, 0.5) is 0 Å². The average Bonchev–Trinajstić information content (AvgIpc) is 2.38. The molecule has 2 N–H and O–H groups in total. The average molecular weight is 262 g/mol. The van der Waals surface area contributed by atoms with Crippen LogP contribution in [0.3, 0.4) is 0 Å². The second kappa shape index (κ2) is 5.75. The molecule has 4 nitrogen and oxygen atoms in total. The summed E-state index contributed by atoms with van der Waals surface area (Å²) < 4.78 is 10.7. The molecule has 1 heterocycles. The fourth-order valence-electron chi connectivity index (χ4n) is 1.67. The molecule has 0 bridgehead atoms. The van der Waals surface area contributed by atoms with Gasteiger partial charge in [-0.25, -0.2) is 0 Å². The molecule has 0 spiro atoms. The standard InChI is InChI=1S/C13H14N2O2S/c1-16-6-7-17-12-9-4-2-3-5-11(9)15-8-10(12)13(14)18/h2-5,8H,6-7H2,1H3,(H2,14,18). The zero-order chi connectivity index (χ0) is 13.0. The first-order valence-electron chi connectivity index (χ1n) is 5.53. The van der Waals surface area contributed by atoms with Crippen molar-refractivity contribution in [3.05, 3.63) is 36.0 Å². The first-order valence-corrected chi connectivity index (χ1v) is 5.94. The number of methoxy groups -OCH3 is 1. The molecule has 2 aromatic rings. The number of nitrogens with two attached hydrogens (primary N) is 1. The molecule has 0 amide bonds. The maximum atomic E-state index is 5.72. The van der Waals surface area contributed by atoms with E-state index in [4.69, 9.17) is 27.4 Å². The number of hydrogen-bond acceptors (Lipinski definition) is 4. The van der Waals surface area contributed by atoms with Crippen LogP contribution in [0.25, 0.3) is 10.9 Å². The molecule has 0 fully saturated rings. The van der Waals surface area contributed by atoms with E-state index in [0.717, 1.165) is 10.9 Å². The highest BCUT2D eigenvalue weighted by Gasteiger charge is 2.11. The number of para-hydroxylation sites is 1. The van der Waals surface area contributed by atoms with Gasteiger partial charge in [0, 0.05) is 18.7 Å². The van der Waals surface area contributed by atoms with Crippen molar-refractivity contribution in [2.45, 2.75) is 0 Å². The first-order chi connectivity index (χ1) is 8.74. The van der Waals surface area contributed by atoms with Gasteiger partial charge in [-0.1, -0.05) is 24.4 Å². The summed E-state index contributed by atoms with van der Waals surface area (Å²) in [7, 11) is 1.63. The summed E-state index contributed by atoms with van der Waals surface area (Å²) in [5.74, 6) is 0.671. The van der Waals surface area contributed by atoms with Gasteiger partial charge < -0.3 is 15.2 Å². The van der Waals surface area contributed by atoms with Crippen LogP contribution in [0.5, 0.6) is 5.75 Å². The van der Waals surface area contributed by atoms with Crippen molar-refractivity contribution in [3.63, 3.8) is 0 Å². The summed E-state index contributed by atoms with van der Waals surface area (Å²) in [6.07, 6.45) is 1.65. The van der Waals surface area contributed by atoms with Crippen LogP contribution in [-0.2, 0) is 4.74 Å². The Labute approximate surface area is 111 Å². The number of rotatable bonds is 5. The summed E-state index contributed by atoms with van der Waals surface area (Å²) in [5, 5.41) is 0.902. The molecule has 0 saturated carbocycles. The zero-order valence-electron chi connectivity index (χ0n) is 10.1. The fourth-order valence-corrected chi connectivity index (χ4v) is 1.82.